The number of hydrogen-bond acceptors (Lipinski definition) is 1. The van der Waals surface area contributed by atoms with Crippen molar-refractivity contribution in [3.63, 3.8) is 0 Å². The highest BCUT2D eigenvalue weighted by Crippen LogP contribution is 2.04. The lowest BCUT2D eigenvalue weighted by Crippen LogP contribution is -1.83. The van der Waals surface area contributed by atoms with Crippen molar-refractivity contribution < 1.29 is 0 Å². The van der Waals surface area contributed by atoms with Gasteiger partial charge in [-0.15, -0.1) is 0 Å². The van der Waals surface area contributed by atoms with Crippen LogP contribution in [0.4, 0.5) is 0 Å². The molecule has 0 spiro atoms. The summed E-state index contributed by atoms with van der Waals surface area (Å²) < 4.78 is 1.95. The molecule has 0 aromatic carbocycles. The Balaban J connectivity index is 2.95. The first-order chi connectivity index (χ1) is 4.88. The Morgan fingerprint density at radius 3 is 3.30 bits per heavy atom. The van der Waals surface area contributed by atoms with E-state index in [2.05, 4.69) is 11.2 Å². The van der Waals surface area contributed by atoms with E-state index in [1.807, 2.05) is 35.9 Å². The molecule has 0 bridgehead atoms. The van der Waals surface area contributed by atoms with E-state index in [1.54, 1.807) is 0 Å². The van der Waals surface area contributed by atoms with Gasteiger partial charge in [-0.3, -0.25) is 0 Å². The first-order valence-corrected chi connectivity index (χ1v) is 3.18. The third-order valence-electron chi connectivity index (χ3n) is 1.56. The second kappa shape index (κ2) is 1.84. The molecule has 2 heteroatoms. The Morgan fingerprint density at radius 1 is 1.60 bits per heavy atom. The van der Waals surface area contributed by atoms with E-state index in [9.17, 15) is 0 Å². The molecule has 0 aliphatic carbocycles. The molecule has 0 saturated carbocycles. The fourth-order valence-electron chi connectivity index (χ4n) is 1.03. The van der Waals surface area contributed by atoms with Crippen LogP contribution in [-0.4, -0.2) is 9.38 Å². The van der Waals surface area contributed by atoms with Crippen LogP contribution in [0.5, 0.6) is 0 Å². The molecular weight excluding hydrogens is 124 g/mol. The number of imidazole rings is 1. The molecule has 0 aliphatic heterocycles. The predicted molar refractivity (Wildman–Crippen MR) is 38.8 cm³/mol. The highest BCUT2D eigenvalue weighted by Gasteiger charge is 1.93. The molecule has 0 atom stereocenters. The predicted octanol–water partition coefficient (Wildman–Crippen LogP) is 1.44. The quantitative estimate of drug-likeness (QED) is 0.529. The van der Waals surface area contributed by atoms with Gasteiger partial charge in [0, 0.05) is 12.4 Å². The Morgan fingerprint density at radius 2 is 2.50 bits per heavy atom. The van der Waals surface area contributed by atoms with Crippen LogP contribution in [0.2, 0.25) is 0 Å². The Labute approximate surface area is 59.1 Å². The van der Waals surface area contributed by atoms with Gasteiger partial charge >= 0.3 is 0 Å². The lowest BCUT2D eigenvalue weighted by molar-refractivity contribution is 1.16. The van der Waals surface area contributed by atoms with E-state index in [-0.39, 0.29) is 0 Å². The van der Waals surface area contributed by atoms with Gasteiger partial charge in [0.05, 0.1) is 0 Å². The highest BCUT2D eigenvalue weighted by molar-refractivity contribution is 5.45. The van der Waals surface area contributed by atoms with Crippen LogP contribution in [0.15, 0.2) is 24.5 Å². The molecule has 2 rings (SSSR count). The minimum absolute atomic E-state index is 0.988. The standard InChI is InChI=1S/C8H7N2/c1-7-3-2-5-10-6-4-9-8(7)10/h2-3,5-6H,1H3. The second-order valence-electron chi connectivity index (χ2n) is 2.29. The summed E-state index contributed by atoms with van der Waals surface area (Å²) in [5.41, 5.74) is 2.17. The SMILES string of the molecule is Cc1cccn2c[c]nc12. The fraction of sp³-hybridized carbons (Fsp3) is 0.125. The summed E-state index contributed by atoms with van der Waals surface area (Å²) in [7, 11) is 0. The van der Waals surface area contributed by atoms with E-state index in [4.69, 9.17) is 0 Å². The zero-order chi connectivity index (χ0) is 6.97. The molecule has 2 aromatic rings. The summed E-state index contributed by atoms with van der Waals surface area (Å²) in [6.45, 7) is 2.04. The second-order valence-corrected chi connectivity index (χ2v) is 2.29. The van der Waals surface area contributed by atoms with Gasteiger partial charge in [0.2, 0.25) is 0 Å². The minimum Gasteiger partial charge on any atom is -0.306 e. The van der Waals surface area contributed by atoms with Crippen LogP contribution in [0.1, 0.15) is 5.56 Å². The summed E-state index contributed by atoms with van der Waals surface area (Å²) in [6.07, 6.45) is 6.58. The van der Waals surface area contributed by atoms with Gasteiger partial charge in [-0.2, -0.15) is 0 Å². The molecule has 49 valence electrons. The van der Waals surface area contributed by atoms with Gasteiger partial charge in [0.15, 0.2) is 0 Å². The van der Waals surface area contributed by atoms with E-state index in [0.717, 1.165) is 5.65 Å². The Bertz CT molecular complexity index is 349. The molecule has 0 fully saturated rings. The number of hydrogen-bond donors (Lipinski definition) is 0. The number of aryl methyl sites for hydroxylation is 1. The van der Waals surface area contributed by atoms with Crippen molar-refractivity contribution in [1.82, 2.24) is 9.38 Å². The molecule has 1 radical (unpaired) electrons. The molecular formula is C8H7N2. The van der Waals surface area contributed by atoms with Crippen molar-refractivity contribution in [3.05, 3.63) is 36.3 Å². The van der Waals surface area contributed by atoms with E-state index in [1.165, 1.54) is 5.56 Å². The number of rotatable bonds is 0. The average Bonchev–Trinajstić information content (AvgIpc) is 2.36. The van der Waals surface area contributed by atoms with Crippen molar-refractivity contribution in [3.8, 4) is 0 Å². The van der Waals surface area contributed by atoms with Gasteiger partial charge in [-0.25, -0.2) is 4.98 Å². The smallest absolute Gasteiger partial charge is 0.140 e. The van der Waals surface area contributed by atoms with Gasteiger partial charge in [-0.1, -0.05) is 6.07 Å². The third kappa shape index (κ3) is 0.620. The summed E-state index contributed by atoms with van der Waals surface area (Å²) in [5, 5.41) is 0. The van der Waals surface area contributed by atoms with Crippen molar-refractivity contribution in [2.24, 2.45) is 0 Å². The van der Waals surface area contributed by atoms with E-state index >= 15 is 0 Å². The minimum atomic E-state index is 0.988. The van der Waals surface area contributed by atoms with Crippen molar-refractivity contribution >= 4 is 5.65 Å². The van der Waals surface area contributed by atoms with Crippen LogP contribution < -0.4 is 0 Å². The van der Waals surface area contributed by atoms with Crippen LogP contribution in [-0.2, 0) is 0 Å². The monoisotopic (exact) mass is 131 g/mol. The zero-order valence-corrected chi connectivity index (χ0v) is 5.70. The summed E-state index contributed by atoms with van der Waals surface area (Å²) >= 11 is 0. The van der Waals surface area contributed by atoms with Crippen molar-refractivity contribution in [2.45, 2.75) is 6.92 Å². The van der Waals surface area contributed by atoms with Crippen molar-refractivity contribution in [1.29, 1.82) is 0 Å². The Kier molecular flexibility index (Phi) is 1.01. The third-order valence-corrected chi connectivity index (χ3v) is 1.56. The molecule has 0 saturated heterocycles. The first-order valence-electron chi connectivity index (χ1n) is 3.18. The lowest BCUT2D eigenvalue weighted by Gasteiger charge is -1.93. The van der Waals surface area contributed by atoms with Gasteiger partial charge < -0.3 is 4.40 Å². The largest absolute Gasteiger partial charge is 0.306 e. The Hall–Kier alpha value is -1.31. The number of pyridine rings is 1. The van der Waals surface area contributed by atoms with Crippen LogP contribution in [0.3, 0.4) is 0 Å². The normalized spacial score (nSPS) is 10.5. The van der Waals surface area contributed by atoms with Crippen LogP contribution >= 0.6 is 0 Å². The zero-order valence-electron chi connectivity index (χ0n) is 5.70. The molecule has 0 N–H and O–H groups in total. The maximum absolute atomic E-state index is 4.06. The van der Waals surface area contributed by atoms with E-state index in [0.29, 0.717) is 0 Å². The summed E-state index contributed by atoms with van der Waals surface area (Å²) in [6, 6.07) is 4.04. The molecule has 0 amide bonds. The van der Waals surface area contributed by atoms with Crippen molar-refractivity contribution in [2.75, 3.05) is 0 Å². The van der Waals surface area contributed by atoms with Crippen LogP contribution in [0, 0.1) is 13.1 Å². The van der Waals surface area contributed by atoms with Gasteiger partial charge in [0.25, 0.3) is 0 Å². The summed E-state index contributed by atoms with van der Waals surface area (Å²) in [4.78, 5) is 4.06. The van der Waals surface area contributed by atoms with Gasteiger partial charge in [0.1, 0.15) is 11.8 Å². The molecule has 0 aliphatic rings. The number of fused-ring (bicyclic) bond motifs is 1. The molecule has 2 nitrogen and oxygen atoms in total. The van der Waals surface area contributed by atoms with Crippen LogP contribution in [0.25, 0.3) is 5.65 Å². The fourth-order valence-corrected chi connectivity index (χ4v) is 1.03. The molecule has 2 heterocycles. The average molecular weight is 131 g/mol. The lowest BCUT2D eigenvalue weighted by atomic mass is 10.3. The first kappa shape index (κ1) is 5.47. The number of nitrogens with zero attached hydrogens (tertiary/aromatic N) is 2. The molecule has 2 aromatic heterocycles. The maximum Gasteiger partial charge on any atom is 0.140 e. The maximum atomic E-state index is 4.06. The number of aromatic nitrogens is 2. The topological polar surface area (TPSA) is 17.3 Å². The molecule has 0 unspecified atom stereocenters. The summed E-state index contributed by atoms with van der Waals surface area (Å²) in [5.74, 6) is 0. The highest BCUT2D eigenvalue weighted by atomic mass is 15.0. The molecule has 10 heavy (non-hydrogen) atoms. The van der Waals surface area contributed by atoms with Gasteiger partial charge in [-0.05, 0) is 18.6 Å². The van der Waals surface area contributed by atoms with E-state index < -0.39 is 0 Å².